The van der Waals surface area contributed by atoms with Gasteiger partial charge in [-0.3, -0.25) is 9.59 Å². The van der Waals surface area contributed by atoms with E-state index in [1.165, 1.54) is 11.1 Å². The fourth-order valence-electron chi connectivity index (χ4n) is 1.54. The lowest BCUT2D eigenvalue weighted by molar-refractivity contribution is -0.0670. The summed E-state index contributed by atoms with van der Waals surface area (Å²) in [7, 11) is 0. The van der Waals surface area contributed by atoms with Gasteiger partial charge >= 0.3 is 0 Å². The van der Waals surface area contributed by atoms with Crippen molar-refractivity contribution < 1.29 is 9.90 Å². The second-order valence-corrected chi connectivity index (χ2v) is 3.95. The standard InChI is InChI=1S/C9H11N3O3/c1-9(15)4-12(5-9)8(14)6-2-11-7(13)3-10-6/h2-3,15H,4-5H2,1H3,(H,11,13). The molecule has 80 valence electrons. The zero-order valence-corrected chi connectivity index (χ0v) is 8.23. The van der Waals surface area contributed by atoms with E-state index >= 15 is 0 Å². The first-order valence-corrected chi connectivity index (χ1v) is 4.54. The normalized spacial score (nSPS) is 18.4. The first-order valence-electron chi connectivity index (χ1n) is 4.54. The fourth-order valence-corrected chi connectivity index (χ4v) is 1.54. The van der Waals surface area contributed by atoms with E-state index in [0.717, 1.165) is 6.20 Å². The molecule has 15 heavy (non-hydrogen) atoms. The molecule has 0 bridgehead atoms. The van der Waals surface area contributed by atoms with Crippen LogP contribution in [0.5, 0.6) is 0 Å². The molecule has 1 aromatic heterocycles. The summed E-state index contributed by atoms with van der Waals surface area (Å²) in [5, 5.41) is 9.45. The molecule has 1 amide bonds. The summed E-state index contributed by atoms with van der Waals surface area (Å²) in [5.41, 5.74) is -0.954. The average molecular weight is 209 g/mol. The predicted molar refractivity (Wildman–Crippen MR) is 51.4 cm³/mol. The number of aromatic amines is 1. The third-order valence-corrected chi connectivity index (χ3v) is 2.24. The van der Waals surface area contributed by atoms with Crippen molar-refractivity contribution >= 4 is 5.91 Å². The fraction of sp³-hybridized carbons (Fsp3) is 0.444. The van der Waals surface area contributed by atoms with Gasteiger partial charge in [-0.25, -0.2) is 4.98 Å². The van der Waals surface area contributed by atoms with Crippen LogP contribution in [-0.4, -0.2) is 44.6 Å². The van der Waals surface area contributed by atoms with E-state index in [4.69, 9.17) is 0 Å². The molecule has 2 N–H and O–H groups in total. The summed E-state index contributed by atoms with van der Waals surface area (Å²) in [6, 6.07) is 0. The van der Waals surface area contributed by atoms with Crippen molar-refractivity contribution in [1.29, 1.82) is 0 Å². The van der Waals surface area contributed by atoms with Crippen molar-refractivity contribution in [3.8, 4) is 0 Å². The van der Waals surface area contributed by atoms with Gasteiger partial charge in [0.15, 0.2) is 0 Å². The number of likely N-dealkylation sites (tertiary alicyclic amines) is 1. The Hall–Kier alpha value is -1.69. The van der Waals surface area contributed by atoms with Crippen molar-refractivity contribution in [2.45, 2.75) is 12.5 Å². The minimum Gasteiger partial charge on any atom is -0.386 e. The molecule has 6 heteroatoms. The van der Waals surface area contributed by atoms with Gasteiger partial charge in [-0.15, -0.1) is 0 Å². The number of hydrogen-bond donors (Lipinski definition) is 2. The Bertz CT molecular complexity index is 424. The summed E-state index contributed by atoms with van der Waals surface area (Å²) >= 11 is 0. The minimum atomic E-state index is -0.794. The van der Waals surface area contributed by atoms with E-state index in [1.807, 2.05) is 0 Å². The van der Waals surface area contributed by atoms with Gasteiger partial charge in [0.25, 0.3) is 11.5 Å². The monoisotopic (exact) mass is 209 g/mol. The molecule has 6 nitrogen and oxygen atoms in total. The van der Waals surface area contributed by atoms with E-state index in [0.29, 0.717) is 13.1 Å². The van der Waals surface area contributed by atoms with Crippen LogP contribution in [0, 0.1) is 0 Å². The zero-order chi connectivity index (χ0) is 11.1. The van der Waals surface area contributed by atoms with Crippen molar-refractivity contribution in [3.63, 3.8) is 0 Å². The molecular formula is C9H11N3O3. The largest absolute Gasteiger partial charge is 0.386 e. The highest BCUT2D eigenvalue weighted by Crippen LogP contribution is 2.20. The number of amides is 1. The Morgan fingerprint density at radius 2 is 2.33 bits per heavy atom. The average Bonchev–Trinajstić information content (AvgIpc) is 2.14. The molecule has 1 aliphatic rings. The summed E-state index contributed by atoms with van der Waals surface area (Å²) in [6.45, 7) is 2.26. The topological polar surface area (TPSA) is 86.3 Å². The minimum absolute atomic E-state index is 0.185. The molecule has 2 heterocycles. The number of aliphatic hydroxyl groups is 1. The second-order valence-electron chi connectivity index (χ2n) is 3.95. The number of aromatic nitrogens is 2. The quantitative estimate of drug-likeness (QED) is 0.619. The summed E-state index contributed by atoms with van der Waals surface area (Å²) in [4.78, 5) is 29.9. The molecule has 1 aromatic rings. The number of rotatable bonds is 1. The zero-order valence-electron chi connectivity index (χ0n) is 8.23. The Morgan fingerprint density at radius 3 is 2.80 bits per heavy atom. The van der Waals surface area contributed by atoms with Crippen LogP contribution in [-0.2, 0) is 0 Å². The number of hydrogen-bond acceptors (Lipinski definition) is 4. The lowest BCUT2D eigenvalue weighted by atomic mass is 9.97. The van der Waals surface area contributed by atoms with Gasteiger partial charge in [0, 0.05) is 6.20 Å². The highest BCUT2D eigenvalue weighted by Gasteiger charge is 2.40. The summed E-state index contributed by atoms with van der Waals surface area (Å²) < 4.78 is 0. The SMILES string of the molecule is CC1(O)CN(C(=O)c2c[nH]c(=O)cn2)C1. The van der Waals surface area contributed by atoms with E-state index in [9.17, 15) is 14.7 Å². The highest BCUT2D eigenvalue weighted by molar-refractivity contribution is 5.92. The second kappa shape index (κ2) is 3.16. The van der Waals surface area contributed by atoms with Crippen LogP contribution in [0.2, 0.25) is 0 Å². The highest BCUT2D eigenvalue weighted by atomic mass is 16.3. The van der Waals surface area contributed by atoms with Crippen LogP contribution >= 0.6 is 0 Å². The molecule has 1 fully saturated rings. The van der Waals surface area contributed by atoms with Gasteiger partial charge in [-0.1, -0.05) is 0 Å². The van der Waals surface area contributed by atoms with Gasteiger partial charge in [0.1, 0.15) is 5.69 Å². The van der Waals surface area contributed by atoms with E-state index < -0.39 is 5.60 Å². The first-order chi connectivity index (χ1) is 6.98. The molecule has 0 aliphatic carbocycles. The van der Waals surface area contributed by atoms with Crippen LogP contribution in [0.3, 0.4) is 0 Å². The van der Waals surface area contributed by atoms with E-state index in [2.05, 4.69) is 9.97 Å². The van der Waals surface area contributed by atoms with Gasteiger partial charge in [-0.2, -0.15) is 0 Å². The maximum absolute atomic E-state index is 11.7. The molecule has 1 aliphatic heterocycles. The van der Waals surface area contributed by atoms with Crippen molar-refractivity contribution in [2.75, 3.05) is 13.1 Å². The third kappa shape index (κ3) is 1.89. The van der Waals surface area contributed by atoms with Crippen LogP contribution in [0.1, 0.15) is 17.4 Å². The van der Waals surface area contributed by atoms with Crippen molar-refractivity contribution in [3.05, 3.63) is 28.4 Å². The third-order valence-electron chi connectivity index (χ3n) is 2.24. The number of β-amino-alcohol motifs (C(OH)–C–C–N with tert-alkyl or cyclic N) is 1. The predicted octanol–water partition coefficient (Wildman–Crippen LogP) is -1.02. The number of H-pyrrole nitrogens is 1. The van der Waals surface area contributed by atoms with Crippen molar-refractivity contribution in [1.82, 2.24) is 14.9 Å². The molecule has 2 rings (SSSR count). The molecule has 0 aromatic carbocycles. The van der Waals surface area contributed by atoms with Crippen LogP contribution < -0.4 is 5.56 Å². The molecule has 0 saturated carbocycles. The van der Waals surface area contributed by atoms with Gasteiger partial charge < -0.3 is 15.0 Å². The molecule has 0 spiro atoms. The Labute approximate surface area is 85.6 Å². The number of carbonyl (C=O) groups excluding carboxylic acids is 1. The first kappa shape index (κ1) is 9.85. The number of nitrogens with one attached hydrogen (secondary N) is 1. The maximum Gasteiger partial charge on any atom is 0.274 e. The van der Waals surface area contributed by atoms with E-state index in [-0.39, 0.29) is 17.2 Å². The summed E-state index contributed by atoms with van der Waals surface area (Å²) in [6.07, 6.45) is 2.34. The molecular weight excluding hydrogens is 198 g/mol. The Balaban J connectivity index is 2.10. The van der Waals surface area contributed by atoms with Crippen molar-refractivity contribution in [2.24, 2.45) is 0 Å². The van der Waals surface area contributed by atoms with Crippen LogP contribution in [0.25, 0.3) is 0 Å². The number of nitrogens with zero attached hydrogens (tertiary/aromatic N) is 2. The van der Waals surface area contributed by atoms with Crippen LogP contribution in [0.15, 0.2) is 17.2 Å². The molecule has 1 saturated heterocycles. The van der Waals surface area contributed by atoms with Crippen LogP contribution in [0.4, 0.5) is 0 Å². The Kier molecular flexibility index (Phi) is 2.08. The van der Waals surface area contributed by atoms with E-state index in [1.54, 1.807) is 6.92 Å². The smallest absolute Gasteiger partial charge is 0.274 e. The van der Waals surface area contributed by atoms with Gasteiger partial charge in [0.05, 0.1) is 24.9 Å². The molecule has 0 atom stereocenters. The lowest BCUT2D eigenvalue weighted by Crippen LogP contribution is -2.61. The molecule has 0 radical (unpaired) electrons. The van der Waals surface area contributed by atoms with Gasteiger partial charge in [-0.05, 0) is 6.92 Å². The number of carbonyl (C=O) groups is 1. The summed E-state index contributed by atoms with van der Waals surface area (Å²) in [5.74, 6) is -0.280. The molecule has 0 unspecified atom stereocenters. The Morgan fingerprint density at radius 1 is 1.67 bits per heavy atom. The van der Waals surface area contributed by atoms with Gasteiger partial charge in [0.2, 0.25) is 0 Å². The maximum atomic E-state index is 11.7. The lowest BCUT2D eigenvalue weighted by Gasteiger charge is -2.43.